The molecule has 1 N–H and O–H groups in total. The second kappa shape index (κ2) is 8.59. The molecule has 1 atom stereocenters. The number of ketones is 1. The highest BCUT2D eigenvalue weighted by Crippen LogP contribution is 2.38. The van der Waals surface area contributed by atoms with Crippen LogP contribution in [0.1, 0.15) is 24.1 Å². The molecule has 1 fully saturated rings. The van der Waals surface area contributed by atoms with Gasteiger partial charge in [0, 0.05) is 30.1 Å². The molecule has 2 aromatic carbocycles. The fraction of sp³-hybridized carbons (Fsp3) is 0.273. The van der Waals surface area contributed by atoms with Crippen LogP contribution in [0.25, 0.3) is 0 Å². The highest BCUT2D eigenvalue weighted by Gasteiger charge is 2.44. The zero-order valence-corrected chi connectivity index (χ0v) is 16.9. The van der Waals surface area contributed by atoms with Crippen molar-refractivity contribution in [1.29, 1.82) is 0 Å². The Balaban J connectivity index is 2.03. The van der Waals surface area contributed by atoms with Crippen LogP contribution in [-0.4, -0.2) is 36.9 Å². The summed E-state index contributed by atoms with van der Waals surface area (Å²) in [6.45, 7) is 4.51. The first-order chi connectivity index (χ1) is 13.4. The number of Topliss-reactive ketones (excluding diaryl/α,β-unsaturated/α-hetero) is 1. The number of halogens is 1. The highest BCUT2D eigenvalue weighted by molar-refractivity contribution is 6.45. The van der Waals surface area contributed by atoms with E-state index in [0.717, 1.165) is 16.8 Å². The lowest BCUT2D eigenvalue weighted by molar-refractivity contribution is -0.140. The van der Waals surface area contributed by atoms with Crippen LogP contribution in [0.3, 0.4) is 0 Å². The van der Waals surface area contributed by atoms with Gasteiger partial charge in [-0.15, -0.1) is 0 Å². The van der Waals surface area contributed by atoms with Gasteiger partial charge in [-0.25, -0.2) is 0 Å². The molecular weight excluding hydrogens is 376 g/mol. The molecule has 0 unspecified atom stereocenters. The number of benzene rings is 2. The van der Waals surface area contributed by atoms with Crippen LogP contribution in [0.5, 0.6) is 0 Å². The van der Waals surface area contributed by atoms with Gasteiger partial charge in [0.1, 0.15) is 0 Å². The normalized spacial score (nSPS) is 18.6. The minimum absolute atomic E-state index is 0.329. The summed E-state index contributed by atoms with van der Waals surface area (Å²) in [4.78, 5) is 27.1. The quantitative estimate of drug-likeness (QED) is 0.587. The number of likely N-dealkylation sites (tertiary alicyclic amines) is 1. The Morgan fingerprint density at radius 3 is 2.36 bits per heavy atom. The van der Waals surface area contributed by atoms with Crippen molar-refractivity contribution in [3.05, 3.63) is 76.0 Å². The lowest BCUT2D eigenvalue weighted by Crippen LogP contribution is -2.32. The lowest BCUT2D eigenvalue weighted by atomic mass is 9.97. The van der Waals surface area contributed by atoms with Gasteiger partial charge in [0.2, 0.25) is 0 Å². The van der Waals surface area contributed by atoms with E-state index >= 15 is 0 Å². The van der Waals surface area contributed by atoms with Gasteiger partial charge in [0.15, 0.2) is 0 Å². The molecule has 1 saturated heterocycles. The number of nitrogens with zero attached hydrogens (tertiary/aromatic N) is 1. The number of hydrogen-bond acceptors (Lipinski definition) is 4. The van der Waals surface area contributed by atoms with Crippen LogP contribution in [0, 0.1) is 6.92 Å². The summed E-state index contributed by atoms with van der Waals surface area (Å²) in [6.07, 6.45) is 0. The van der Waals surface area contributed by atoms with E-state index in [-0.39, 0.29) is 0 Å². The molecule has 146 valence electrons. The molecule has 1 heterocycles. The van der Waals surface area contributed by atoms with E-state index in [2.05, 4.69) is 5.32 Å². The second-order valence-electron chi connectivity index (χ2n) is 6.80. The molecule has 0 radical (unpaired) electrons. The summed E-state index contributed by atoms with van der Waals surface area (Å²) >= 11 is 6.02. The number of allylic oxidation sites excluding steroid dienone is 1. The van der Waals surface area contributed by atoms with Gasteiger partial charge < -0.3 is 15.0 Å². The summed E-state index contributed by atoms with van der Waals surface area (Å²) in [5.74, 6) is -1.01. The fourth-order valence-corrected chi connectivity index (χ4v) is 3.48. The molecule has 6 heteroatoms. The zero-order chi connectivity index (χ0) is 20.3. The third-order valence-electron chi connectivity index (χ3n) is 4.79. The summed E-state index contributed by atoms with van der Waals surface area (Å²) in [5.41, 5.74) is 3.94. The first-order valence-corrected chi connectivity index (χ1v) is 9.44. The average molecular weight is 399 g/mol. The summed E-state index contributed by atoms with van der Waals surface area (Å²) in [6, 6.07) is 14.6. The topological polar surface area (TPSA) is 58.6 Å². The molecule has 5 nitrogen and oxygen atoms in total. The van der Waals surface area contributed by atoms with Crippen LogP contribution in [0.4, 0.5) is 5.69 Å². The molecule has 0 bridgehead atoms. The lowest BCUT2D eigenvalue weighted by Gasteiger charge is -2.25. The van der Waals surface area contributed by atoms with Crippen molar-refractivity contribution in [3.8, 4) is 0 Å². The molecule has 28 heavy (non-hydrogen) atoms. The molecule has 3 rings (SSSR count). The van der Waals surface area contributed by atoms with Gasteiger partial charge in [-0.1, -0.05) is 41.4 Å². The first-order valence-electron chi connectivity index (χ1n) is 9.06. The molecular formula is C22H23ClN2O3. The van der Waals surface area contributed by atoms with E-state index in [0.29, 0.717) is 29.4 Å². The molecule has 0 aromatic heterocycles. The number of carbonyl (C=O) groups excluding carboxylic acids is 2. The Morgan fingerprint density at radius 1 is 1.11 bits per heavy atom. The van der Waals surface area contributed by atoms with Crippen molar-refractivity contribution in [2.45, 2.75) is 19.9 Å². The van der Waals surface area contributed by atoms with Gasteiger partial charge in [-0.3, -0.25) is 9.59 Å². The van der Waals surface area contributed by atoms with E-state index in [9.17, 15) is 9.59 Å². The van der Waals surface area contributed by atoms with Crippen LogP contribution in [-0.2, 0) is 14.3 Å². The second-order valence-corrected chi connectivity index (χ2v) is 7.24. The van der Waals surface area contributed by atoms with Crippen molar-refractivity contribution in [2.75, 3.05) is 25.6 Å². The first kappa shape index (κ1) is 20.1. The Hall–Kier alpha value is -2.63. The zero-order valence-electron chi connectivity index (χ0n) is 16.2. The van der Waals surface area contributed by atoms with Gasteiger partial charge in [0.05, 0.1) is 18.2 Å². The average Bonchev–Trinajstić information content (AvgIpc) is 2.93. The molecule has 0 aliphatic carbocycles. The molecule has 2 aromatic rings. The Morgan fingerprint density at radius 2 is 1.75 bits per heavy atom. The maximum Gasteiger partial charge on any atom is 0.295 e. The minimum atomic E-state index is -0.517. The Bertz CT molecular complexity index is 904. The van der Waals surface area contributed by atoms with Crippen molar-refractivity contribution >= 4 is 29.0 Å². The summed E-state index contributed by atoms with van der Waals surface area (Å²) in [7, 11) is 1.57. The fourth-order valence-electron chi connectivity index (χ4n) is 3.35. The van der Waals surface area contributed by atoms with Gasteiger partial charge in [0.25, 0.3) is 11.7 Å². The van der Waals surface area contributed by atoms with Crippen molar-refractivity contribution < 1.29 is 14.3 Å². The summed E-state index contributed by atoms with van der Waals surface area (Å²) < 4.78 is 5.14. The third-order valence-corrected chi connectivity index (χ3v) is 5.05. The van der Waals surface area contributed by atoms with E-state index in [1.54, 1.807) is 24.1 Å². The number of nitrogens with one attached hydrogen (secondary N) is 1. The van der Waals surface area contributed by atoms with E-state index in [4.69, 9.17) is 16.3 Å². The van der Waals surface area contributed by atoms with E-state index in [1.165, 1.54) is 0 Å². The van der Waals surface area contributed by atoms with Gasteiger partial charge >= 0.3 is 0 Å². The monoisotopic (exact) mass is 398 g/mol. The van der Waals surface area contributed by atoms with Crippen molar-refractivity contribution in [1.82, 2.24) is 4.90 Å². The van der Waals surface area contributed by atoms with Gasteiger partial charge in [-0.2, -0.15) is 0 Å². The van der Waals surface area contributed by atoms with Crippen molar-refractivity contribution in [2.24, 2.45) is 0 Å². The van der Waals surface area contributed by atoms with E-state index in [1.807, 2.05) is 50.2 Å². The van der Waals surface area contributed by atoms with Crippen LogP contribution in [0.15, 0.2) is 59.8 Å². The predicted octanol–water partition coefficient (Wildman–Crippen LogP) is 4.13. The third kappa shape index (κ3) is 4.11. The smallest absolute Gasteiger partial charge is 0.295 e. The van der Waals surface area contributed by atoms with Crippen LogP contribution >= 0.6 is 11.6 Å². The number of methoxy groups -OCH3 is 1. The minimum Gasteiger partial charge on any atom is -0.383 e. The molecule has 1 aliphatic heterocycles. The highest BCUT2D eigenvalue weighted by atomic mass is 35.5. The van der Waals surface area contributed by atoms with Crippen LogP contribution < -0.4 is 5.32 Å². The number of anilines is 1. The number of carbonyl (C=O) groups is 2. The van der Waals surface area contributed by atoms with Crippen molar-refractivity contribution in [3.63, 3.8) is 0 Å². The van der Waals surface area contributed by atoms with E-state index < -0.39 is 17.7 Å². The van der Waals surface area contributed by atoms with Crippen LogP contribution in [0.2, 0.25) is 5.02 Å². The van der Waals surface area contributed by atoms with Gasteiger partial charge in [-0.05, 0) is 43.7 Å². The number of rotatable bonds is 6. The standard InChI is InChI=1S/C22H23ClN2O3/c1-14-4-10-18(11-5-14)24-15(2)19-20(16-6-8-17(23)9-7-16)25(12-13-28-3)22(27)21(19)26/h4-11,20,24H,12-13H2,1-3H3/b19-15+/t20-/m1/s1. The largest absolute Gasteiger partial charge is 0.383 e. The maximum atomic E-state index is 12.9. The molecule has 0 spiro atoms. The molecule has 1 amide bonds. The molecule has 1 aliphatic rings. The SMILES string of the molecule is COCCN1C(=O)C(=O)/C(=C(\C)Nc2ccc(C)cc2)[C@H]1c1ccc(Cl)cc1. The number of ether oxygens (including phenoxy) is 1. The Kier molecular flexibility index (Phi) is 6.17. The number of hydrogen-bond donors (Lipinski definition) is 1. The number of amides is 1. The Labute approximate surface area is 169 Å². The number of aryl methyl sites for hydroxylation is 1. The predicted molar refractivity (Wildman–Crippen MR) is 110 cm³/mol. The summed E-state index contributed by atoms with van der Waals surface area (Å²) in [5, 5.41) is 3.87. The maximum absolute atomic E-state index is 12.9. The molecule has 0 saturated carbocycles.